The number of urea groups is 1. The normalized spacial score (nSPS) is 18.1. The Labute approximate surface area is 212 Å². The molecule has 37 heavy (non-hydrogen) atoms. The highest BCUT2D eigenvalue weighted by atomic mass is 32.2. The van der Waals surface area contributed by atoms with Crippen LogP contribution in [0.4, 0.5) is 23.7 Å². The summed E-state index contributed by atoms with van der Waals surface area (Å²) in [5.74, 6) is -0.0912. The van der Waals surface area contributed by atoms with Gasteiger partial charge in [-0.2, -0.15) is 18.4 Å². The van der Waals surface area contributed by atoms with E-state index in [-0.39, 0.29) is 41.2 Å². The van der Waals surface area contributed by atoms with Gasteiger partial charge in [0, 0.05) is 37.9 Å². The fraction of sp³-hybridized carbons (Fsp3) is 0.375. The Hall–Kier alpha value is -3.79. The van der Waals surface area contributed by atoms with Crippen LogP contribution in [0.3, 0.4) is 0 Å². The number of aromatic nitrogens is 2. The first-order valence-electron chi connectivity index (χ1n) is 11.5. The van der Waals surface area contributed by atoms with Crippen molar-refractivity contribution in [3.8, 4) is 6.07 Å². The highest BCUT2D eigenvalue weighted by Gasteiger charge is 2.39. The number of anilines is 1. The Balaban J connectivity index is 1.70. The molecule has 196 valence electrons. The van der Waals surface area contributed by atoms with Gasteiger partial charge in [0.15, 0.2) is 5.65 Å². The number of nitriles is 1. The molecule has 4 rings (SSSR count). The zero-order valence-electron chi connectivity index (χ0n) is 20.1. The molecule has 3 aromatic rings. The van der Waals surface area contributed by atoms with Crippen molar-refractivity contribution < 1.29 is 26.4 Å². The van der Waals surface area contributed by atoms with Gasteiger partial charge in [0.25, 0.3) is 10.0 Å². The number of nitrogens with one attached hydrogen (secondary N) is 1. The lowest BCUT2D eigenvalue weighted by atomic mass is 9.98. The van der Waals surface area contributed by atoms with Gasteiger partial charge in [-0.15, -0.1) is 0 Å². The quantitative estimate of drug-likeness (QED) is 0.518. The van der Waals surface area contributed by atoms with Crippen LogP contribution in [0.1, 0.15) is 18.9 Å². The van der Waals surface area contributed by atoms with Crippen molar-refractivity contribution >= 4 is 32.8 Å². The Kier molecular flexibility index (Phi) is 7.05. The van der Waals surface area contributed by atoms with Crippen LogP contribution in [-0.2, 0) is 10.0 Å². The van der Waals surface area contributed by atoms with Crippen LogP contribution in [0, 0.1) is 17.2 Å². The third-order valence-electron chi connectivity index (χ3n) is 6.58. The maximum atomic E-state index is 13.3. The molecule has 0 radical (unpaired) electrons. The lowest BCUT2D eigenvalue weighted by Gasteiger charge is -2.31. The van der Waals surface area contributed by atoms with Crippen molar-refractivity contribution in [2.24, 2.45) is 5.92 Å². The number of hydrogen-bond acceptors (Lipinski definition) is 6. The molecule has 1 N–H and O–H groups in total. The molecule has 0 aliphatic carbocycles. The third kappa shape index (κ3) is 5.06. The summed E-state index contributed by atoms with van der Waals surface area (Å²) in [7, 11) is -2.23. The van der Waals surface area contributed by atoms with Crippen LogP contribution < -0.4 is 10.2 Å². The number of likely N-dealkylation sites (N-methyl/N-ethyl adjacent to an activating group) is 1. The molecule has 1 aliphatic rings. The number of nitrogens with zero attached hydrogens (tertiary/aromatic N) is 5. The fourth-order valence-electron chi connectivity index (χ4n) is 4.72. The molecule has 0 unspecified atom stereocenters. The summed E-state index contributed by atoms with van der Waals surface area (Å²) in [4.78, 5) is 19.9. The molecule has 1 aliphatic heterocycles. The standard InChI is InChI=1S/C24H25F3N6O3S/c1-3-16-13-32(23(34)30-15-24(25,26)27)14-20(16)31(2)21-17(11-28)12-29-22-19(21)9-10-33(22)37(35,36)18-7-5-4-6-8-18/h4-10,12,16,20H,3,13-15H2,1-2H3,(H,30,34)/t16-,20+/m1/s1. The highest BCUT2D eigenvalue weighted by molar-refractivity contribution is 7.90. The van der Waals surface area contributed by atoms with Crippen LogP contribution >= 0.6 is 0 Å². The van der Waals surface area contributed by atoms with Crippen molar-refractivity contribution in [1.82, 2.24) is 19.2 Å². The molecule has 2 amide bonds. The smallest absolute Gasteiger partial charge is 0.368 e. The largest absolute Gasteiger partial charge is 0.405 e. The van der Waals surface area contributed by atoms with Crippen molar-refractivity contribution in [2.45, 2.75) is 30.5 Å². The SMILES string of the molecule is CC[C@@H]1CN(C(=O)NCC(F)(F)F)C[C@@H]1N(C)c1c(C#N)cnc2c1ccn2S(=O)(=O)c1ccccc1. The van der Waals surface area contributed by atoms with Crippen LogP contribution in [0.25, 0.3) is 11.0 Å². The van der Waals surface area contributed by atoms with Crippen LogP contribution in [-0.4, -0.2) is 67.2 Å². The molecule has 1 aromatic carbocycles. The summed E-state index contributed by atoms with van der Waals surface area (Å²) in [6.45, 7) is 0.872. The van der Waals surface area contributed by atoms with E-state index in [2.05, 4.69) is 11.1 Å². The lowest BCUT2D eigenvalue weighted by molar-refractivity contribution is -0.123. The van der Waals surface area contributed by atoms with Gasteiger partial charge in [0.05, 0.1) is 22.2 Å². The number of carbonyl (C=O) groups is 1. The second kappa shape index (κ2) is 9.93. The molecule has 0 bridgehead atoms. The zero-order valence-corrected chi connectivity index (χ0v) is 20.9. The number of pyridine rings is 1. The minimum atomic E-state index is -4.52. The number of carbonyl (C=O) groups excluding carboxylic acids is 1. The van der Waals surface area contributed by atoms with E-state index >= 15 is 0 Å². The summed E-state index contributed by atoms with van der Waals surface area (Å²) >= 11 is 0. The molecule has 1 saturated heterocycles. The van der Waals surface area contributed by atoms with Crippen LogP contribution in [0.5, 0.6) is 0 Å². The van der Waals surface area contributed by atoms with Crippen LogP contribution in [0.15, 0.2) is 53.7 Å². The van der Waals surface area contributed by atoms with Gasteiger partial charge in [-0.25, -0.2) is 22.2 Å². The molecule has 0 spiro atoms. The predicted octanol–water partition coefficient (Wildman–Crippen LogP) is 3.56. The number of benzene rings is 1. The van der Waals surface area contributed by atoms with E-state index in [0.717, 1.165) is 3.97 Å². The Morgan fingerprint density at radius 1 is 1.24 bits per heavy atom. The first-order chi connectivity index (χ1) is 17.5. The number of fused-ring (bicyclic) bond motifs is 1. The van der Waals surface area contributed by atoms with E-state index in [1.807, 2.05) is 12.2 Å². The highest BCUT2D eigenvalue weighted by Crippen LogP contribution is 2.35. The molecule has 2 atom stereocenters. The minimum Gasteiger partial charge on any atom is -0.368 e. The maximum Gasteiger partial charge on any atom is 0.405 e. The molecule has 1 fully saturated rings. The molecule has 3 heterocycles. The number of amides is 2. The van der Waals surface area contributed by atoms with Gasteiger partial charge >= 0.3 is 12.2 Å². The van der Waals surface area contributed by atoms with Gasteiger partial charge in [0.2, 0.25) is 0 Å². The van der Waals surface area contributed by atoms with E-state index in [1.165, 1.54) is 29.4 Å². The van der Waals surface area contributed by atoms with Crippen LogP contribution in [0.2, 0.25) is 0 Å². The molecular formula is C24H25F3N6O3S. The maximum absolute atomic E-state index is 13.3. The fourth-order valence-corrected chi connectivity index (χ4v) is 6.05. The Morgan fingerprint density at radius 2 is 1.95 bits per heavy atom. The Morgan fingerprint density at radius 3 is 2.57 bits per heavy atom. The summed E-state index contributed by atoms with van der Waals surface area (Å²) in [6, 6.07) is 10.4. The first-order valence-corrected chi connectivity index (χ1v) is 12.9. The average molecular weight is 535 g/mol. The molecule has 9 nitrogen and oxygen atoms in total. The summed E-state index contributed by atoms with van der Waals surface area (Å²) in [5.41, 5.74) is 0.783. The third-order valence-corrected chi connectivity index (χ3v) is 8.26. The summed E-state index contributed by atoms with van der Waals surface area (Å²) in [6.07, 6.45) is -1.21. The summed E-state index contributed by atoms with van der Waals surface area (Å²) < 4.78 is 65.3. The van der Waals surface area contributed by atoms with E-state index < -0.39 is 28.8 Å². The number of halogens is 3. The average Bonchev–Trinajstić information content (AvgIpc) is 3.51. The number of hydrogen-bond donors (Lipinski definition) is 1. The van der Waals surface area contributed by atoms with Gasteiger partial charge in [-0.05, 0) is 30.5 Å². The second-order valence-electron chi connectivity index (χ2n) is 8.82. The van der Waals surface area contributed by atoms with Gasteiger partial charge in [-0.1, -0.05) is 25.1 Å². The number of rotatable bonds is 6. The van der Waals surface area contributed by atoms with Crippen molar-refractivity contribution in [2.75, 3.05) is 31.6 Å². The number of likely N-dealkylation sites (tertiary alicyclic amines) is 1. The van der Waals surface area contributed by atoms with Gasteiger partial charge in [0.1, 0.15) is 12.6 Å². The van der Waals surface area contributed by atoms with E-state index in [1.54, 1.807) is 36.2 Å². The molecule has 13 heteroatoms. The van der Waals surface area contributed by atoms with Crippen molar-refractivity contribution in [3.63, 3.8) is 0 Å². The molecule has 0 saturated carbocycles. The minimum absolute atomic E-state index is 0.0796. The summed E-state index contributed by atoms with van der Waals surface area (Å²) in [5, 5.41) is 12.1. The van der Waals surface area contributed by atoms with Gasteiger partial charge < -0.3 is 15.1 Å². The van der Waals surface area contributed by atoms with Crippen molar-refractivity contribution in [1.29, 1.82) is 5.26 Å². The topological polar surface area (TPSA) is 111 Å². The first kappa shape index (κ1) is 26.3. The van der Waals surface area contributed by atoms with Crippen molar-refractivity contribution in [3.05, 3.63) is 54.4 Å². The van der Waals surface area contributed by atoms with E-state index in [0.29, 0.717) is 17.5 Å². The molecule has 2 aromatic heterocycles. The predicted molar refractivity (Wildman–Crippen MR) is 130 cm³/mol. The van der Waals surface area contributed by atoms with E-state index in [4.69, 9.17) is 0 Å². The Bertz CT molecular complexity index is 1450. The monoisotopic (exact) mass is 534 g/mol. The lowest BCUT2D eigenvalue weighted by Crippen LogP contribution is -2.44. The zero-order chi connectivity index (χ0) is 27.0. The molecular weight excluding hydrogens is 509 g/mol. The van der Waals surface area contributed by atoms with E-state index in [9.17, 15) is 31.6 Å². The van der Waals surface area contributed by atoms with Gasteiger partial charge in [-0.3, -0.25) is 0 Å². The second-order valence-corrected chi connectivity index (χ2v) is 10.6. The number of alkyl halides is 3.